The van der Waals surface area contributed by atoms with Crippen molar-refractivity contribution >= 4 is 23.1 Å². The maximum Gasteiger partial charge on any atom is 0.229 e. The minimum atomic E-state index is 0.503. The normalized spacial score (nSPS) is 10.1. The molecule has 0 spiro atoms. The number of rotatable bonds is 5. The van der Waals surface area contributed by atoms with E-state index in [1.54, 1.807) is 18.3 Å². The van der Waals surface area contributed by atoms with Crippen molar-refractivity contribution in [3.63, 3.8) is 0 Å². The zero-order chi connectivity index (χ0) is 17.6. The van der Waals surface area contributed by atoms with Gasteiger partial charge in [0.15, 0.2) is 0 Å². The summed E-state index contributed by atoms with van der Waals surface area (Å²) in [6.45, 7) is 4.10. The van der Waals surface area contributed by atoms with Crippen LogP contribution in [0.25, 0.3) is 0 Å². The van der Waals surface area contributed by atoms with Gasteiger partial charge in [-0.3, -0.25) is 0 Å². The fourth-order valence-corrected chi connectivity index (χ4v) is 2.35. The summed E-state index contributed by atoms with van der Waals surface area (Å²) in [5, 5.41) is 15.3. The van der Waals surface area contributed by atoms with E-state index >= 15 is 0 Å². The lowest BCUT2D eigenvalue weighted by Crippen LogP contribution is -2.02. The van der Waals surface area contributed by atoms with Gasteiger partial charge in [-0.1, -0.05) is 19.1 Å². The van der Waals surface area contributed by atoms with Gasteiger partial charge in [-0.25, -0.2) is 4.98 Å². The molecule has 0 amide bonds. The van der Waals surface area contributed by atoms with Gasteiger partial charge in [0.25, 0.3) is 0 Å². The van der Waals surface area contributed by atoms with Crippen LogP contribution in [0, 0.1) is 18.3 Å². The van der Waals surface area contributed by atoms with E-state index < -0.39 is 0 Å². The first kappa shape index (κ1) is 16.5. The summed E-state index contributed by atoms with van der Waals surface area (Å²) < 4.78 is 0. The van der Waals surface area contributed by atoms with Crippen LogP contribution in [0.4, 0.5) is 23.1 Å². The fourth-order valence-electron chi connectivity index (χ4n) is 2.35. The van der Waals surface area contributed by atoms with Crippen LogP contribution in [-0.4, -0.2) is 9.97 Å². The smallest absolute Gasteiger partial charge is 0.229 e. The van der Waals surface area contributed by atoms with E-state index in [4.69, 9.17) is 5.26 Å². The molecule has 3 rings (SSSR count). The molecule has 0 aliphatic carbocycles. The maximum absolute atomic E-state index is 8.85. The zero-order valence-corrected chi connectivity index (χ0v) is 14.2. The first-order valence-corrected chi connectivity index (χ1v) is 8.14. The maximum atomic E-state index is 8.85. The summed E-state index contributed by atoms with van der Waals surface area (Å²) in [5.74, 6) is 1.26. The lowest BCUT2D eigenvalue weighted by Gasteiger charge is -2.11. The van der Waals surface area contributed by atoms with E-state index in [-0.39, 0.29) is 0 Å². The quantitative estimate of drug-likeness (QED) is 0.709. The highest BCUT2D eigenvalue weighted by Crippen LogP contribution is 2.21. The summed E-state index contributed by atoms with van der Waals surface area (Å²) in [6, 6.07) is 17.6. The zero-order valence-electron chi connectivity index (χ0n) is 14.2. The van der Waals surface area contributed by atoms with Crippen molar-refractivity contribution < 1.29 is 0 Å². The molecule has 0 saturated carbocycles. The molecule has 3 aromatic rings. The Balaban J connectivity index is 1.78. The highest BCUT2D eigenvalue weighted by atomic mass is 15.1. The Hall–Kier alpha value is -3.39. The Labute approximate surface area is 147 Å². The van der Waals surface area contributed by atoms with Crippen LogP contribution >= 0.6 is 0 Å². The Morgan fingerprint density at radius 3 is 2.24 bits per heavy atom. The molecule has 0 aliphatic rings. The first-order valence-electron chi connectivity index (χ1n) is 8.14. The van der Waals surface area contributed by atoms with Crippen LogP contribution in [-0.2, 0) is 6.42 Å². The Morgan fingerprint density at radius 1 is 0.960 bits per heavy atom. The molecule has 0 bridgehead atoms. The van der Waals surface area contributed by atoms with E-state index in [9.17, 15) is 0 Å². The Morgan fingerprint density at radius 2 is 1.60 bits per heavy atom. The van der Waals surface area contributed by atoms with Crippen LogP contribution < -0.4 is 10.6 Å². The van der Waals surface area contributed by atoms with Crippen LogP contribution in [0.2, 0.25) is 0 Å². The molecule has 0 fully saturated rings. The molecule has 1 aromatic heterocycles. The second kappa shape index (κ2) is 7.45. The van der Waals surface area contributed by atoms with Crippen molar-refractivity contribution in [2.75, 3.05) is 10.6 Å². The molecule has 2 aromatic carbocycles. The van der Waals surface area contributed by atoms with Crippen LogP contribution in [0.1, 0.15) is 23.6 Å². The van der Waals surface area contributed by atoms with Crippen molar-refractivity contribution in [2.24, 2.45) is 0 Å². The van der Waals surface area contributed by atoms with Crippen LogP contribution in [0.5, 0.6) is 0 Å². The lowest BCUT2D eigenvalue weighted by molar-refractivity contribution is 1.13. The molecular weight excluding hydrogens is 310 g/mol. The predicted molar refractivity (Wildman–Crippen MR) is 100 cm³/mol. The molecular formula is C20H19N5. The third-order valence-corrected chi connectivity index (χ3v) is 3.87. The highest BCUT2D eigenvalue weighted by Gasteiger charge is 2.05. The SMILES string of the molecule is CCc1ccc(Nc2nc(Nc3ccc(C#N)cc3)ncc2C)cc1. The second-order valence-corrected chi connectivity index (χ2v) is 5.71. The number of anilines is 4. The van der Waals surface area contributed by atoms with Gasteiger partial charge in [-0.05, 0) is 55.3 Å². The molecule has 0 radical (unpaired) electrons. The van der Waals surface area contributed by atoms with Crippen LogP contribution in [0.3, 0.4) is 0 Å². The molecule has 0 atom stereocenters. The van der Waals surface area contributed by atoms with Gasteiger partial charge in [0, 0.05) is 23.1 Å². The van der Waals surface area contributed by atoms with E-state index in [0.717, 1.165) is 29.2 Å². The monoisotopic (exact) mass is 329 g/mol. The van der Waals surface area contributed by atoms with Gasteiger partial charge in [0.05, 0.1) is 11.6 Å². The molecule has 0 saturated heterocycles. The number of aryl methyl sites for hydroxylation is 2. The third-order valence-electron chi connectivity index (χ3n) is 3.87. The number of hydrogen-bond acceptors (Lipinski definition) is 5. The highest BCUT2D eigenvalue weighted by molar-refractivity contribution is 5.62. The predicted octanol–water partition coefficient (Wildman–Crippen LogP) is 4.71. The van der Waals surface area contributed by atoms with E-state index in [0.29, 0.717) is 11.5 Å². The lowest BCUT2D eigenvalue weighted by atomic mass is 10.1. The van der Waals surface area contributed by atoms with Gasteiger partial charge in [0.1, 0.15) is 5.82 Å². The average Bonchev–Trinajstić information content (AvgIpc) is 2.66. The molecule has 5 heteroatoms. The number of benzene rings is 2. The van der Waals surface area contributed by atoms with Gasteiger partial charge in [0.2, 0.25) is 5.95 Å². The molecule has 25 heavy (non-hydrogen) atoms. The molecule has 0 aliphatic heterocycles. The number of nitrogens with zero attached hydrogens (tertiary/aromatic N) is 3. The van der Waals surface area contributed by atoms with E-state index in [1.165, 1.54) is 5.56 Å². The molecule has 124 valence electrons. The summed E-state index contributed by atoms with van der Waals surface area (Å²) >= 11 is 0. The molecule has 5 nitrogen and oxygen atoms in total. The van der Waals surface area contributed by atoms with Crippen molar-refractivity contribution in [3.8, 4) is 6.07 Å². The summed E-state index contributed by atoms with van der Waals surface area (Å²) in [4.78, 5) is 8.87. The van der Waals surface area contributed by atoms with E-state index in [1.807, 2.05) is 31.2 Å². The number of hydrogen-bond donors (Lipinski definition) is 2. The van der Waals surface area contributed by atoms with Crippen molar-refractivity contribution in [2.45, 2.75) is 20.3 Å². The Bertz CT molecular complexity index is 893. The second-order valence-electron chi connectivity index (χ2n) is 5.71. The molecule has 1 heterocycles. The minimum absolute atomic E-state index is 0.503. The third kappa shape index (κ3) is 4.12. The number of nitriles is 1. The summed E-state index contributed by atoms with van der Waals surface area (Å²) in [6.07, 6.45) is 2.80. The fraction of sp³-hybridized carbons (Fsp3) is 0.150. The molecule has 0 unspecified atom stereocenters. The number of nitrogens with one attached hydrogen (secondary N) is 2. The standard InChI is InChI=1S/C20H19N5/c1-3-15-4-8-17(9-5-15)23-19-14(2)13-22-20(25-19)24-18-10-6-16(12-21)7-11-18/h4-11,13H,3H2,1-2H3,(H2,22,23,24,25). The summed E-state index contributed by atoms with van der Waals surface area (Å²) in [5.41, 5.74) is 4.70. The average molecular weight is 329 g/mol. The number of aromatic nitrogens is 2. The van der Waals surface area contributed by atoms with Gasteiger partial charge < -0.3 is 10.6 Å². The Kier molecular flexibility index (Phi) is 4.91. The van der Waals surface area contributed by atoms with Crippen molar-refractivity contribution in [1.29, 1.82) is 5.26 Å². The van der Waals surface area contributed by atoms with Crippen molar-refractivity contribution in [1.82, 2.24) is 9.97 Å². The first-order chi connectivity index (χ1) is 12.2. The largest absolute Gasteiger partial charge is 0.340 e. The van der Waals surface area contributed by atoms with Crippen molar-refractivity contribution in [3.05, 3.63) is 71.4 Å². The van der Waals surface area contributed by atoms with E-state index in [2.05, 4.69) is 45.7 Å². The van der Waals surface area contributed by atoms with Gasteiger partial charge >= 0.3 is 0 Å². The minimum Gasteiger partial charge on any atom is -0.340 e. The summed E-state index contributed by atoms with van der Waals surface area (Å²) in [7, 11) is 0. The topological polar surface area (TPSA) is 73.6 Å². The van der Waals surface area contributed by atoms with Crippen LogP contribution in [0.15, 0.2) is 54.7 Å². The van der Waals surface area contributed by atoms with Gasteiger partial charge in [-0.2, -0.15) is 10.2 Å². The molecule has 2 N–H and O–H groups in total. The van der Waals surface area contributed by atoms with Gasteiger partial charge in [-0.15, -0.1) is 0 Å².